The highest BCUT2D eigenvalue weighted by Gasteiger charge is 2.04. The van der Waals surface area contributed by atoms with E-state index in [1.165, 1.54) is 16.7 Å². The van der Waals surface area contributed by atoms with Gasteiger partial charge in [0.2, 0.25) is 0 Å². The van der Waals surface area contributed by atoms with Crippen molar-refractivity contribution >= 4 is 0 Å². The standard InChI is InChI=1S/C15H23N/c1-12(2)11-15(16-4)10-9-14-8-6-5-7-13(14)3/h5-8,11,15-16H,9-10H2,1-4H3. The van der Waals surface area contributed by atoms with E-state index in [-0.39, 0.29) is 0 Å². The Labute approximate surface area is 99.6 Å². The summed E-state index contributed by atoms with van der Waals surface area (Å²) in [6, 6.07) is 9.13. The molecule has 0 bridgehead atoms. The molecule has 0 fully saturated rings. The van der Waals surface area contributed by atoms with Crippen molar-refractivity contribution in [3.8, 4) is 0 Å². The maximum atomic E-state index is 3.35. The topological polar surface area (TPSA) is 12.0 Å². The highest BCUT2D eigenvalue weighted by atomic mass is 14.9. The third-order valence-corrected chi connectivity index (χ3v) is 2.89. The predicted octanol–water partition coefficient (Wildman–Crippen LogP) is 3.48. The number of hydrogen-bond donors (Lipinski definition) is 1. The molecule has 1 rings (SSSR count). The van der Waals surface area contributed by atoms with E-state index < -0.39 is 0 Å². The first-order chi connectivity index (χ1) is 7.63. The van der Waals surface area contributed by atoms with Crippen LogP contribution in [-0.4, -0.2) is 13.1 Å². The number of aryl methyl sites for hydroxylation is 2. The SMILES string of the molecule is CNC(C=C(C)C)CCc1ccccc1C. The van der Waals surface area contributed by atoms with Crippen LogP contribution in [0.5, 0.6) is 0 Å². The summed E-state index contributed by atoms with van der Waals surface area (Å²) >= 11 is 0. The van der Waals surface area contributed by atoms with E-state index in [4.69, 9.17) is 0 Å². The summed E-state index contributed by atoms with van der Waals surface area (Å²) in [5.74, 6) is 0. The van der Waals surface area contributed by atoms with Crippen molar-refractivity contribution < 1.29 is 0 Å². The van der Waals surface area contributed by atoms with Crippen molar-refractivity contribution in [2.45, 2.75) is 39.7 Å². The molecule has 0 saturated heterocycles. The van der Waals surface area contributed by atoms with Crippen LogP contribution in [0.15, 0.2) is 35.9 Å². The van der Waals surface area contributed by atoms with Crippen LogP contribution >= 0.6 is 0 Å². The quantitative estimate of drug-likeness (QED) is 0.745. The molecule has 1 N–H and O–H groups in total. The molecule has 1 nitrogen and oxygen atoms in total. The fraction of sp³-hybridized carbons (Fsp3) is 0.467. The lowest BCUT2D eigenvalue weighted by Crippen LogP contribution is -2.23. The Balaban J connectivity index is 2.56. The molecular weight excluding hydrogens is 194 g/mol. The van der Waals surface area contributed by atoms with Crippen LogP contribution in [-0.2, 0) is 6.42 Å². The van der Waals surface area contributed by atoms with Gasteiger partial charge in [-0.3, -0.25) is 0 Å². The number of hydrogen-bond acceptors (Lipinski definition) is 1. The second kappa shape index (κ2) is 6.49. The zero-order valence-corrected chi connectivity index (χ0v) is 10.9. The molecule has 0 spiro atoms. The minimum atomic E-state index is 0.490. The summed E-state index contributed by atoms with van der Waals surface area (Å²) in [6.45, 7) is 6.49. The summed E-state index contributed by atoms with van der Waals surface area (Å²) in [7, 11) is 2.03. The van der Waals surface area contributed by atoms with Gasteiger partial charge in [-0.1, -0.05) is 35.9 Å². The molecule has 0 heterocycles. The monoisotopic (exact) mass is 217 g/mol. The van der Waals surface area contributed by atoms with Crippen molar-refractivity contribution in [3.05, 3.63) is 47.0 Å². The lowest BCUT2D eigenvalue weighted by atomic mass is 10.0. The van der Waals surface area contributed by atoms with Gasteiger partial charge in [0.1, 0.15) is 0 Å². The summed E-state index contributed by atoms with van der Waals surface area (Å²) in [4.78, 5) is 0. The molecule has 0 aliphatic carbocycles. The van der Waals surface area contributed by atoms with Crippen LogP contribution in [0.1, 0.15) is 31.4 Å². The first-order valence-electron chi connectivity index (χ1n) is 6.00. The Morgan fingerprint density at radius 3 is 2.56 bits per heavy atom. The molecule has 1 heteroatoms. The van der Waals surface area contributed by atoms with Crippen LogP contribution in [0.25, 0.3) is 0 Å². The smallest absolute Gasteiger partial charge is 0.0252 e. The van der Waals surface area contributed by atoms with E-state index in [2.05, 4.69) is 56.4 Å². The first kappa shape index (κ1) is 13.0. The van der Waals surface area contributed by atoms with Gasteiger partial charge in [-0.05, 0) is 51.8 Å². The van der Waals surface area contributed by atoms with Crippen LogP contribution < -0.4 is 5.32 Å². The van der Waals surface area contributed by atoms with Crippen molar-refractivity contribution in [3.63, 3.8) is 0 Å². The van der Waals surface area contributed by atoms with E-state index in [9.17, 15) is 0 Å². The highest BCUT2D eigenvalue weighted by molar-refractivity contribution is 5.25. The van der Waals surface area contributed by atoms with Gasteiger partial charge in [0.25, 0.3) is 0 Å². The van der Waals surface area contributed by atoms with Gasteiger partial charge < -0.3 is 5.32 Å². The fourth-order valence-corrected chi connectivity index (χ4v) is 1.91. The summed E-state index contributed by atoms with van der Waals surface area (Å²) < 4.78 is 0. The molecule has 0 radical (unpaired) electrons. The van der Waals surface area contributed by atoms with Crippen LogP contribution in [0.4, 0.5) is 0 Å². The zero-order valence-electron chi connectivity index (χ0n) is 10.9. The Morgan fingerprint density at radius 1 is 1.31 bits per heavy atom. The average Bonchev–Trinajstić information content (AvgIpc) is 2.25. The van der Waals surface area contributed by atoms with Crippen LogP contribution in [0.2, 0.25) is 0 Å². The predicted molar refractivity (Wildman–Crippen MR) is 71.8 cm³/mol. The Morgan fingerprint density at radius 2 is 2.00 bits per heavy atom. The van der Waals surface area contributed by atoms with Gasteiger partial charge in [-0.15, -0.1) is 0 Å². The molecule has 0 saturated carbocycles. The largest absolute Gasteiger partial charge is 0.314 e. The van der Waals surface area contributed by atoms with E-state index in [0.717, 1.165) is 12.8 Å². The summed E-state index contributed by atoms with van der Waals surface area (Å²) in [5, 5.41) is 3.35. The first-order valence-corrected chi connectivity index (χ1v) is 6.00. The Hall–Kier alpha value is -1.08. The lowest BCUT2D eigenvalue weighted by Gasteiger charge is -2.13. The van der Waals surface area contributed by atoms with E-state index >= 15 is 0 Å². The molecule has 0 aliphatic rings. The molecule has 0 aromatic heterocycles. The second-order valence-corrected chi connectivity index (χ2v) is 4.60. The minimum absolute atomic E-state index is 0.490. The van der Waals surface area contributed by atoms with Crippen LogP contribution in [0.3, 0.4) is 0 Å². The fourth-order valence-electron chi connectivity index (χ4n) is 1.91. The summed E-state index contributed by atoms with van der Waals surface area (Å²) in [5.41, 5.74) is 4.24. The van der Waals surface area contributed by atoms with E-state index in [1.54, 1.807) is 0 Å². The van der Waals surface area contributed by atoms with E-state index in [1.807, 2.05) is 7.05 Å². The average molecular weight is 217 g/mol. The maximum absolute atomic E-state index is 3.35. The molecule has 1 aromatic carbocycles. The van der Waals surface area contributed by atoms with Crippen molar-refractivity contribution in [2.24, 2.45) is 0 Å². The minimum Gasteiger partial charge on any atom is -0.314 e. The molecule has 1 unspecified atom stereocenters. The molecule has 88 valence electrons. The van der Waals surface area contributed by atoms with E-state index in [0.29, 0.717) is 6.04 Å². The third-order valence-electron chi connectivity index (χ3n) is 2.89. The maximum Gasteiger partial charge on any atom is 0.0252 e. The number of likely N-dealkylation sites (N-methyl/N-ethyl adjacent to an activating group) is 1. The molecule has 0 aliphatic heterocycles. The number of allylic oxidation sites excluding steroid dienone is 1. The Bertz CT molecular complexity index is 348. The van der Waals surface area contributed by atoms with Crippen molar-refractivity contribution in [1.29, 1.82) is 0 Å². The second-order valence-electron chi connectivity index (χ2n) is 4.60. The normalized spacial score (nSPS) is 12.2. The van der Waals surface area contributed by atoms with Crippen molar-refractivity contribution in [1.82, 2.24) is 5.32 Å². The molecule has 16 heavy (non-hydrogen) atoms. The molecule has 1 atom stereocenters. The number of rotatable bonds is 5. The number of benzene rings is 1. The van der Waals surface area contributed by atoms with Gasteiger partial charge >= 0.3 is 0 Å². The molecule has 1 aromatic rings. The molecular formula is C15H23N. The van der Waals surface area contributed by atoms with Crippen molar-refractivity contribution in [2.75, 3.05) is 7.05 Å². The highest BCUT2D eigenvalue weighted by Crippen LogP contribution is 2.11. The van der Waals surface area contributed by atoms with Gasteiger partial charge in [0, 0.05) is 6.04 Å². The summed E-state index contributed by atoms with van der Waals surface area (Å²) in [6.07, 6.45) is 4.60. The van der Waals surface area contributed by atoms with Gasteiger partial charge in [-0.2, -0.15) is 0 Å². The van der Waals surface area contributed by atoms with Crippen LogP contribution in [0, 0.1) is 6.92 Å². The van der Waals surface area contributed by atoms with Gasteiger partial charge in [0.05, 0.1) is 0 Å². The lowest BCUT2D eigenvalue weighted by molar-refractivity contribution is 0.610. The van der Waals surface area contributed by atoms with Gasteiger partial charge in [-0.25, -0.2) is 0 Å². The number of nitrogens with one attached hydrogen (secondary N) is 1. The third kappa shape index (κ3) is 4.19. The Kier molecular flexibility index (Phi) is 5.27. The zero-order chi connectivity index (χ0) is 12.0. The molecule has 0 amide bonds. The van der Waals surface area contributed by atoms with Gasteiger partial charge in [0.15, 0.2) is 0 Å².